The molecule has 2 N–H and O–H groups in total. The number of alkyl halides is 5. The molecule has 4 rings (SSSR count). The van der Waals surface area contributed by atoms with Crippen molar-refractivity contribution < 1.29 is 31.5 Å². The number of rotatable bonds is 7. The fraction of sp³-hybridized carbons (Fsp3) is 0.308. The van der Waals surface area contributed by atoms with Crippen molar-refractivity contribution in [1.29, 1.82) is 0 Å². The highest BCUT2D eigenvalue weighted by Gasteiger charge is 2.60. The standard InChI is InChI=1S/C26H23ClF5IN8O2/c1-13-8-14(33)9-16(22(42)37-24(2,3)4)20(13)36-23(43)18-10-15(38-41(18)21-17(27)6-5-7-34-21)12-40-35-11-19(39-40)25(28,29)26(30,31)32/h5-11H,12H2,1-4H3,(H,36,43)(H,37,42). The second-order valence-corrected chi connectivity index (χ2v) is 12.0. The molecule has 0 spiro atoms. The normalized spacial score (nSPS) is 12.3. The van der Waals surface area contributed by atoms with Gasteiger partial charge in [-0.05, 0) is 86.2 Å². The van der Waals surface area contributed by atoms with Gasteiger partial charge in [0.25, 0.3) is 11.8 Å². The minimum absolute atomic E-state index is 0.00868. The van der Waals surface area contributed by atoms with Crippen LogP contribution < -0.4 is 10.6 Å². The van der Waals surface area contributed by atoms with Gasteiger partial charge in [0.1, 0.15) is 12.2 Å². The molecule has 43 heavy (non-hydrogen) atoms. The second-order valence-electron chi connectivity index (χ2n) is 10.4. The number of hydrogen-bond acceptors (Lipinski definition) is 6. The Morgan fingerprint density at radius 2 is 1.74 bits per heavy atom. The molecule has 0 saturated heterocycles. The minimum Gasteiger partial charge on any atom is -0.347 e. The number of halogens is 7. The van der Waals surface area contributed by atoms with E-state index >= 15 is 0 Å². The summed E-state index contributed by atoms with van der Waals surface area (Å²) >= 11 is 8.36. The maximum Gasteiger partial charge on any atom is 0.459 e. The van der Waals surface area contributed by atoms with Gasteiger partial charge in [0, 0.05) is 15.3 Å². The van der Waals surface area contributed by atoms with E-state index in [1.165, 1.54) is 18.3 Å². The van der Waals surface area contributed by atoms with Crippen LogP contribution in [0.3, 0.4) is 0 Å². The lowest BCUT2D eigenvalue weighted by atomic mass is 10.0. The zero-order valence-electron chi connectivity index (χ0n) is 22.9. The molecule has 228 valence electrons. The number of nitrogens with one attached hydrogen (secondary N) is 2. The molecule has 0 aliphatic heterocycles. The van der Waals surface area contributed by atoms with Gasteiger partial charge >= 0.3 is 12.1 Å². The molecule has 0 saturated carbocycles. The van der Waals surface area contributed by atoms with E-state index < -0.39 is 41.7 Å². The first kappa shape index (κ1) is 32.2. The minimum atomic E-state index is -5.87. The predicted molar refractivity (Wildman–Crippen MR) is 155 cm³/mol. The quantitative estimate of drug-likeness (QED) is 0.180. The summed E-state index contributed by atoms with van der Waals surface area (Å²) in [5.74, 6) is -6.36. The van der Waals surface area contributed by atoms with Crippen LogP contribution in [0.1, 0.15) is 58.6 Å². The molecule has 4 aromatic rings. The smallest absolute Gasteiger partial charge is 0.347 e. The molecule has 0 radical (unpaired) electrons. The molecule has 3 aromatic heterocycles. The zero-order valence-corrected chi connectivity index (χ0v) is 25.8. The first-order chi connectivity index (χ1) is 19.9. The second kappa shape index (κ2) is 11.8. The maximum absolute atomic E-state index is 13.7. The van der Waals surface area contributed by atoms with Gasteiger partial charge in [-0.15, -0.1) is 0 Å². The van der Waals surface area contributed by atoms with Crippen LogP contribution in [0.5, 0.6) is 0 Å². The Bertz CT molecular complexity index is 1700. The van der Waals surface area contributed by atoms with Crippen LogP contribution in [0.25, 0.3) is 5.82 Å². The van der Waals surface area contributed by atoms with Crippen LogP contribution in [0, 0.1) is 10.5 Å². The van der Waals surface area contributed by atoms with Gasteiger partial charge in [0.2, 0.25) is 0 Å². The Kier molecular flexibility index (Phi) is 8.84. The molecule has 3 heterocycles. The molecule has 0 atom stereocenters. The summed E-state index contributed by atoms with van der Waals surface area (Å²) in [5.41, 5.74) is -1.28. The number of carbonyl (C=O) groups is 2. The molecule has 0 bridgehead atoms. The number of pyridine rings is 1. The summed E-state index contributed by atoms with van der Waals surface area (Å²) in [6.07, 6.45) is -4.17. The topological polar surface area (TPSA) is 120 Å². The average molecular weight is 737 g/mol. The largest absolute Gasteiger partial charge is 0.459 e. The van der Waals surface area contributed by atoms with E-state index in [9.17, 15) is 31.5 Å². The molecule has 2 amide bonds. The molecular formula is C26H23ClF5IN8O2. The summed E-state index contributed by atoms with van der Waals surface area (Å²) in [6.45, 7) is 6.65. The number of benzene rings is 1. The Labute approximate surface area is 260 Å². The van der Waals surface area contributed by atoms with Crippen molar-refractivity contribution in [2.75, 3.05) is 5.32 Å². The van der Waals surface area contributed by atoms with E-state index in [1.807, 2.05) is 20.8 Å². The monoisotopic (exact) mass is 736 g/mol. The Morgan fingerprint density at radius 1 is 1.05 bits per heavy atom. The van der Waals surface area contributed by atoms with Crippen LogP contribution in [0.15, 0.2) is 42.7 Å². The Hall–Kier alpha value is -3.67. The fourth-order valence-electron chi connectivity index (χ4n) is 3.84. The van der Waals surface area contributed by atoms with Gasteiger partial charge in [-0.25, -0.2) is 9.67 Å². The number of aryl methyl sites for hydroxylation is 1. The van der Waals surface area contributed by atoms with Gasteiger partial charge in [-0.3, -0.25) is 9.59 Å². The van der Waals surface area contributed by atoms with Crippen LogP contribution in [-0.2, 0) is 12.5 Å². The summed E-state index contributed by atoms with van der Waals surface area (Å²) in [6, 6.07) is 7.66. The molecule has 0 fully saturated rings. The third kappa shape index (κ3) is 7.11. The van der Waals surface area contributed by atoms with E-state index in [-0.39, 0.29) is 33.5 Å². The van der Waals surface area contributed by atoms with Crippen LogP contribution >= 0.6 is 34.2 Å². The SMILES string of the molecule is Cc1cc(I)cc(C(=O)NC(C)(C)C)c1NC(=O)c1cc(Cn2ncc(C(F)(F)C(F)(F)F)n2)nn1-c1ncccc1Cl. The number of hydrogen-bond donors (Lipinski definition) is 2. The molecule has 1 aromatic carbocycles. The van der Waals surface area contributed by atoms with Gasteiger partial charge in [0.05, 0.1) is 28.2 Å². The number of aromatic nitrogens is 6. The van der Waals surface area contributed by atoms with Crippen molar-refractivity contribution in [1.82, 2.24) is 35.1 Å². The summed E-state index contributed by atoms with van der Waals surface area (Å²) < 4.78 is 67.6. The summed E-state index contributed by atoms with van der Waals surface area (Å²) in [5, 5.41) is 16.8. The highest BCUT2D eigenvalue weighted by molar-refractivity contribution is 14.1. The van der Waals surface area contributed by atoms with E-state index in [0.717, 1.165) is 8.25 Å². The number of carbonyl (C=O) groups excluding carboxylic acids is 2. The fourth-order valence-corrected chi connectivity index (χ4v) is 4.83. The molecule has 0 unspecified atom stereocenters. The van der Waals surface area contributed by atoms with Crippen LogP contribution in [0.4, 0.5) is 27.6 Å². The van der Waals surface area contributed by atoms with Crippen molar-refractivity contribution in [2.24, 2.45) is 0 Å². The van der Waals surface area contributed by atoms with E-state index in [1.54, 1.807) is 25.1 Å². The maximum atomic E-state index is 13.7. The molecule has 17 heteroatoms. The number of nitrogens with zero attached hydrogens (tertiary/aromatic N) is 6. The van der Waals surface area contributed by atoms with Crippen molar-refractivity contribution in [3.05, 3.63) is 79.5 Å². The van der Waals surface area contributed by atoms with Crippen molar-refractivity contribution in [3.63, 3.8) is 0 Å². The van der Waals surface area contributed by atoms with Gasteiger partial charge < -0.3 is 10.6 Å². The Balaban J connectivity index is 1.74. The van der Waals surface area contributed by atoms with E-state index in [4.69, 9.17) is 11.6 Å². The third-order valence-electron chi connectivity index (χ3n) is 5.72. The number of amides is 2. The molecular weight excluding hydrogens is 714 g/mol. The van der Waals surface area contributed by atoms with Gasteiger partial charge in [0.15, 0.2) is 11.5 Å². The lowest BCUT2D eigenvalue weighted by molar-refractivity contribution is -0.291. The lowest BCUT2D eigenvalue weighted by Gasteiger charge is -2.22. The Morgan fingerprint density at radius 3 is 2.37 bits per heavy atom. The third-order valence-corrected chi connectivity index (χ3v) is 6.64. The van der Waals surface area contributed by atoms with E-state index in [0.29, 0.717) is 16.6 Å². The van der Waals surface area contributed by atoms with Crippen LogP contribution in [-0.4, -0.2) is 53.3 Å². The average Bonchev–Trinajstić information content (AvgIpc) is 3.52. The van der Waals surface area contributed by atoms with Gasteiger partial charge in [-0.2, -0.15) is 42.0 Å². The van der Waals surface area contributed by atoms with E-state index in [2.05, 4.69) is 53.5 Å². The molecule has 0 aliphatic carbocycles. The highest BCUT2D eigenvalue weighted by atomic mass is 127. The van der Waals surface area contributed by atoms with Crippen LogP contribution in [0.2, 0.25) is 5.02 Å². The van der Waals surface area contributed by atoms with Crippen molar-refractivity contribution >= 4 is 51.7 Å². The lowest BCUT2D eigenvalue weighted by Crippen LogP contribution is -2.41. The summed E-state index contributed by atoms with van der Waals surface area (Å²) in [4.78, 5) is 31.6. The molecule has 0 aliphatic rings. The first-order valence-corrected chi connectivity index (χ1v) is 13.8. The highest BCUT2D eigenvalue weighted by Crippen LogP contribution is 2.42. The molecule has 10 nitrogen and oxygen atoms in total. The summed E-state index contributed by atoms with van der Waals surface area (Å²) in [7, 11) is 0. The zero-order chi connectivity index (χ0) is 31.9. The van der Waals surface area contributed by atoms with Crippen molar-refractivity contribution in [2.45, 2.75) is 51.9 Å². The van der Waals surface area contributed by atoms with Crippen molar-refractivity contribution in [3.8, 4) is 5.82 Å². The predicted octanol–water partition coefficient (Wildman–Crippen LogP) is 5.91. The number of anilines is 1. The van der Waals surface area contributed by atoms with Gasteiger partial charge in [-0.1, -0.05) is 11.6 Å². The first-order valence-electron chi connectivity index (χ1n) is 12.4.